The maximum absolute atomic E-state index is 6.37. The van der Waals surface area contributed by atoms with Crippen molar-refractivity contribution in [2.45, 2.75) is 27.7 Å². The highest BCUT2D eigenvalue weighted by Crippen LogP contribution is 2.41. The van der Waals surface area contributed by atoms with Gasteiger partial charge in [0, 0.05) is 44.9 Å². The topological polar surface area (TPSA) is 19.6 Å². The van der Waals surface area contributed by atoms with Crippen molar-refractivity contribution < 1.29 is 4.42 Å². The van der Waals surface area contributed by atoms with Crippen LogP contribution in [0.2, 0.25) is 0 Å². The summed E-state index contributed by atoms with van der Waals surface area (Å²) in [4.78, 5) is 4.62. The molecule has 0 amide bonds. The summed E-state index contributed by atoms with van der Waals surface area (Å²) in [5.41, 5.74) is 13.3. The molecule has 0 aliphatic rings. The summed E-state index contributed by atoms with van der Waals surface area (Å²) >= 11 is 0. The number of aryl methyl sites for hydroxylation is 4. The number of benzene rings is 6. The van der Waals surface area contributed by atoms with Gasteiger partial charge in [0.1, 0.15) is 11.2 Å². The van der Waals surface area contributed by atoms with E-state index >= 15 is 0 Å². The van der Waals surface area contributed by atoms with E-state index in [2.05, 4.69) is 171 Å². The number of rotatable bonds is 6. The predicted octanol–water partition coefficient (Wildman–Crippen LogP) is 11.8. The van der Waals surface area contributed by atoms with Gasteiger partial charge in [0.15, 0.2) is 0 Å². The molecule has 1 aromatic heterocycles. The van der Waals surface area contributed by atoms with E-state index < -0.39 is 0 Å². The molecule has 1 heterocycles. The average Bonchev–Trinajstić information content (AvgIpc) is 3.39. The second kappa shape index (κ2) is 10.8. The molecule has 0 fully saturated rings. The molecule has 0 radical (unpaired) electrons. The van der Waals surface area contributed by atoms with Crippen molar-refractivity contribution in [2.75, 3.05) is 9.80 Å². The summed E-state index contributed by atoms with van der Waals surface area (Å²) in [6.07, 6.45) is 0. The molecule has 0 saturated carbocycles. The largest absolute Gasteiger partial charge is 0.456 e. The zero-order valence-corrected chi connectivity index (χ0v) is 25.0. The molecule has 210 valence electrons. The maximum Gasteiger partial charge on any atom is 0.135 e. The van der Waals surface area contributed by atoms with Crippen LogP contribution in [0, 0.1) is 27.7 Å². The van der Waals surface area contributed by atoms with Crippen molar-refractivity contribution in [3.05, 3.63) is 156 Å². The molecule has 0 aliphatic carbocycles. The van der Waals surface area contributed by atoms with Gasteiger partial charge in [-0.05, 0) is 113 Å². The Balaban J connectivity index is 1.39. The van der Waals surface area contributed by atoms with E-state index in [0.717, 1.165) is 56.1 Å². The molecule has 0 saturated heterocycles. The molecule has 3 nitrogen and oxygen atoms in total. The Hall–Kier alpha value is -5.28. The molecule has 0 unspecified atom stereocenters. The van der Waals surface area contributed by atoms with Gasteiger partial charge in [-0.15, -0.1) is 0 Å². The van der Waals surface area contributed by atoms with E-state index in [1.165, 1.54) is 22.3 Å². The number of fused-ring (bicyclic) bond motifs is 3. The van der Waals surface area contributed by atoms with Crippen LogP contribution in [0.3, 0.4) is 0 Å². The minimum atomic E-state index is 0.876. The van der Waals surface area contributed by atoms with Crippen LogP contribution in [0.25, 0.3) is 21.9 Å². The Bertz CT molecular complexity index is 1800. The second-order valence-corrected chi connectivity index (χ2v) is 11.5. The summed E-state index contributed by atoms with van der Waals surface area (Å²) in [6, 6.07) is 47.8. The van der Waals surface area contributed by atoms with E-state index in [1.54, 1.807) is 0 Å². The molecule has 0 aliphatic heterocycles. The molecule has 43 heavy (non-hydrogen) atoms. The number of hydrogen-bond acceptors (Lipinski definition) is 3. The highest BCUT2D eigenvalue weighted by molar-refractivity contribution is 6.08. The van der Waals surface area contributed by atoms with Crippen molar-refractivity contribution in [1.29, 1.82) is 0 Å². The van der Waals surface area contributed by atoms with Gasteiger partial charge in [-0.1, -0.05) is 70.8 Å². The second-order valence-electron chi connectivity index (χ2n) is 11.5. The predicted molar refractivity (Wildman–Crippen MR) is 182 cm³/mol. The Morgan fingerprint density at radius 3 is 0.860 bits per heavy atom. The molecular formula is C40H34N2O. The summed E-state index contributed by atoms with van der Waals surface area (Å²) in [5.74, 6) is 0. The fourth-order valence-electron chi connectivity index (χ4n) is 5.70. The van der Waals surface area contributed by atoms with E-state index in [-0.39, 0.29) is 0 Å². The highest BCUT2D eigenvalue weighted by Gasteiger charge is 2.18. The standard InChI is InChI=1S/C40H34N2O/c1-27-5-13-31(14-6-27)41(32-15-7-28(2)8-16-32)35-21-23-39-37(25-35)38-26-36(22-24-40(38)43-39)42(33-17-9-29(3)10-18-33)34-19-11-30(4)12-20-34/h5-26H,1-4H3. The summed E-state index contributed by atoms with van der Waals surface area (Å²) in [5, 5.41) is 2.18. The minimum Gasteiger partial charge on any atom is -0.456 e. The SMILES string of the molecule is Cc1ccc(N(c2ccc(C)cc2)c2ccc3oc4ccc(N(c5ccc(C)cc5)c5ccc(C)cc5)cc4c3c2)cc1. The van der Waals surface area contributed by atoms with Crippen LogP contribution in [-0.2, 0) is 0 Å². The first-order valence-electron chi connectivity index (χ1n) is 14.8. The van der Waals surface area contributed by atoms with Gasteiger partial charge in [0.2, 0.25) is 0 Å². The average molecular weight is 559 g/mol. The number of nitrogens with zero attached hydrogens (tertiary/aromatic N) is 2. The third kappa shape index (κ3) is 5.15. The summed E-state index contributed by atoms with van der Waals surface area (Å²) in [6.45, 7) is 8.49. The third-order valence-corrected chi connectivity index (χ3v) is 8.12. The molecule has 0 bridgehead atoms. The van der Waals surface area contributed by atoms with E-state index in [4.69, 9.17) is 4.42 Å². The first-order chi connectivity index (χ1) is 20.9. The Morgan fingerprint density at radius 2 is 0.581 bits per heavy atom. The van der Waals surface area contributed by atoms with Crippen LogP contribution in [-0.4, -0.2) is 0 Å². The first-order valence-corrected chi connectivity index (χ1v) is 14.8. The maximum atomic E-state index is 6.37. The van der Waals surface area contributed by atoms with Gasteiger partial charge in [-0.3, -0.25) is 0 Å². The van der Waals surface area contributed by atoms with Crippen molar-refractivity contribution in [3.8, 4) is 0 Å². The van der Waals surface area contributed by atoms with Crippen LogP contribution < -0.4 is 9.80 Å². The van der Waals surface area contributed by atoms with Crippen molar-refractivity contribution in [2.24, 2.45) is 0 Å². The Labute approximate surface area is 253 Å². The van der Waals surface area contributed by atoms with Crippen LogP contribution in [0.1, 0.15) is 22.3 Å². The van der Waals surface area contributed by atoms with E-state index in [0.29, 0.717) is 0 Å². The van der Waals surface area contributed by atoms with Crippen LogP contribution in [0.4, 0.5) is 34.1 Å². The van der Waals surface area contributed by atoms with Crippen LogP contribution >= 0.6 is 0 Å². The Kier molecular flexibility index (Phi) is 6.71. The molecule has 0 spiro atoms. The van der Waals surface area contributed by atoms with Gasteiger partial charge in [-0.25, -0.2) is 0 Å². The fourth-order valence-corrected chi connectivity index (χ4v) is 5.70. The summed E-state index contributed by atoms with van der Waals surface area (Å²) in [7, 11) is 0. The lowest BCUT2D eigenvalue weighted by Gasteiger charge is -2.26. The van der Waals surface area contributed by atoms with Crippen molar-refractivity contribution >= 4 is 56.1 Å². The molecular weight excluding hydrogens is 524 g/mol. The lowest BCUT2D eigenvalue weighted by Crippen LogP contribution is -2.10. The van der Waals surface area contributed by atoms with Gasteiger partial charge < -0.3 is 14.2 Å². The normalized spacial score (nSPS) is 11.3. The number of hydrogen-bond donors (Lipinski definition) is 0. The fraction of sp³-hybridized carbons (Fsp3) is 0.100. The quantitative estimate of drug-likeness (QED) is 0.202. The van der Waals surface area contributed by atoms with Gasteiger partial charge >= 0.3 is 0 Å². The molecule has 7 aromatic rings. The zero-order chi connectivity index (χ0) is 29.5. The summed E-state index contributed by atoms with van der Waals surface area (Å²) < 4.78 is 6.37. The molecule has 7 rings (SSSR count). The number of anilines is 6. The van der Waals surface area contributed by atoms with Gasteiger partial charge in [0.05, 0.1) is 0 Å². The minimum absolute atomic E-state index is 0.876. The zero-order valence-electron chi connectivity index (χ0n) is 25.0. The monoisotopic (exact) mass is 558 g/mol. The van der Waals surface area contributed by atoms with Crippen LogP contribution in [0.15, 0.2) is 138 Å². The first kappa shape index (κ1) is 26.6. The van der Waals surface area contributed by atoms with E-state index in [9.17, 15) is 0 Å². The van der Waals surface area contributed by atoms with Crippen LogP contribution in [0.5, 0.6) is 0 Å². The third-order valence-electron chi connectivity index (χ3n) is 8.12. The molecule has 6 aromatic carbocycles. The molecule has 0 N–H and O–H groups in total. The van der Waals surface area contributed by atoms with Gasteiger partial charge in [0.25, 0.3) is 0 Å². The molecule has 3 heteroatoms. The van der Waals surface area contributed by atoms with E-state index in [1.807, 2.05) is 0 Å². The van der Waals surface area contributed by atoms with Crippen molar-refractivity contribution in [3.63, 3.8) is 0 Å². The molecule has 0 atom stereocenters. The lowest BCUT2D eigenvalue weighted by molar-refractivity contribution is 0.669. The highest BCUT2D eigenvalue weighted by atomic mass is 16.3. The lowest BCUT2D eigenvalue weighted by atomic mass is 10.1. The number of furan rings is 1. The smallest absolute Gasteiger partial charge is 0.135 e. The van der Waals surface area contributed by atoms with Crippen molar-refractivity contribution in [1.82, 2.24) is 0 Å². The van der Waals surface area contributed by atoms with Gasteiger partial charge in [-0.2, -0.15) is 0 Å². The Morgan fingerprint density at radius 1 is 0.326 bits per heavy atom.